The van der Waals surface area contributed by atoms with E-state index in [1.165, 1.54) is 12.1 Å². The summed E-state index contributed by atoms with van der Waals surface area (Å²) in [6.45, 7) is 1.02. The second-order valence-corrected chi connectivity index (χ2v) is 5.29. The first-order valence-corrected chi connectivity index (χ1v) is 7.20. The molecule has 0 saturated carbocycles. The van der Waals surface area contributed by atoms with E-state index in [1.54, 1.807) is 11.0 Å². The van der Waals surface area contributed by atoms with Gasteiger partial charge in [0.2, 0.25) is 5.91 Å². The van der Waals surface area contributed by atoms with Gasteiger partial charge in [0.05, 0.1) is 18.1 Å². The lowest BCUT2D eigenvalue weighted by molar-refractivity contribution is -0.133. The van der Waals surface area contributed by atoms with Crippen molar-refractivity contribution in [2.24, 2.45) is 0 Å². The Morgan fingerprint density at radius 2 is 2.20 bits per heavy atom. The highest BCUT2D eigenvalue weighted by atomic mass is 32.2. The van der Waals surface area contributed by atoms with E-state index >= 15 is 0 Å². The number of hydrogen-bond acceptors (Lipinski definition) is 4. The van der Waals surface area contributed by atoms with Crippen LogP contribution in [0, 0.1) is 5.82 Å². The van der Waals surface area contributed by atoms with Gasteiger partial charge in [-0.1, -0.05) is 0 Å². The zero-order chi connectivity index (χ0) is 14.5. The van der Waals surface area contributed by atoms with Crippen molar-refractivity contribution in [3.05, 3.63) is 29.6 Å². The summed E-state index contributed by atoms with van der Waals surface area (Å²) in [7, 11) is 0. The molecule has 1 amide bonds. The first kappa shape index (κ1) is 14.6. The third kappa shape index (κ3) is 3.86. The Labute approximate surface area is 119 Å². The maximum absolute atomic E-state index is 13.2. The van der Waals surface area contributed by atoms with E-state index in [0.29, 0.717) is 24.5 Å². The number of ether oxygens (including phenoxy) is 1. The number of carbonyl (C=O) groups is 2. The van der Waals surface area contributed by atoms with Gasteiger partial charge in [0.1, 0.15) is 18.2 Å². The topological polar surface area (TPSA) is 66.8 Å². The first-order chi connectivity index (χ1) is 9.56. The number of carboxylic acids is 1. The number of aliphatic carboxylic acids is 1. The number of benzene rings is 1. The quantitative estimate of drug-likeness (QED) is 0.909. The Bertz CT molecular complexity index is 523. The maximum Gasteiger partial charge on any atom is 0.313 e. The molecular formula is C13H14FNO4S. The minimum atomic E-state index is -0.950. The summed E-state index contributed by atoms with van der Waals surface area (Å²) >= 11 is 1.05. The normalized spacial score (nSPS) is 14.2. The molecule has 1 aliphatic rings. The number of halogens is 1. The standard InChI is InChI=1S/C13H14FNO4S/c14-10-1-2-11-9(5-10)6-15(3-4-19-11)12(16)7-20-8-13(17)18/h1-2,5H,3-4,6-8H2,(H,17,18). The molecule has 0 fully saturated rings. The number of carboxylic acid groups (broad SMARTS) is 1. The summed E-state index contributed by atoms with van der Waals surface area (Å²) in [6, 6.07) is 4.22. The van der Waals surface area contributed by atoms with Crippen LogP contribution in [0.5, 0.6) is 5.75 Å². The number of rotatable bonds is 4. The molecule has 0 aliphatic carbocycles. The van der Waals surface area contributed by atoms with Gasteiger partial charge in [0.15, 0.2) is 0 Å². The summed E-state index contributed by atoms with van der Waals surface area (Å²) in [5.41, 5.74) is 0.624. The van der Waals surface area contributed by atoms with Crippen LogP contribution in [0.4, 0.5) is 4.39 Å². The highest BCUT2D eigenvalue weighted by Crippen LogP contribution is 2.24. The van der Waals surface area contributed by atoms with Gasteiger partial charge in [-0.05, 0) is 18.2 Å². The summed E-state index contributed by atoms with van der Waals surface area (Å²) in [6.07, 6.45) is 0. The van der Waals surface area contributed by atoms with Gasteiger partial charge in [-0.25, -0.2) is 4.39 Å². The van der Waals surface area contributed by atoms with E-state index in [0.717, 1.165) is 11.8 Å². The molecule has 20 heavy (non-hydrogen) atoms. The van der Waals surface area contributed by atoms with Crippen LogP contribution in [0.1, 0.15) is 5.56 Å². The van der Waals surface area contributed by atoms with Gasteiger partial charge in [-0.3, -0.25) is 9.59 Å². The van der Waals surface area contributed by atoms with Crippen molar-refractivity contribution >= 4 is 23.6 Å². The first-order valence-electron chi connectivity index (χ1n) is 6.05. The summed E-state index contributed by atoms with van der Waals surface area (Å²) in [5.74, 6) is -0.925. The van der Waals surface area contributed by atoms with Crippen LogP contribution >= 0.6 is 11.8 Å². The highest BCUT2D eigenvalue weighted by molar-refractivity contribution is 8.00. The average Bonchev–Trinajstić information content (AvgIpc) is 2.59. The summed E-state index contributed by atoms with van der Waals surface area (Å²) < 4.78 is 18.7. The molecule has 0 bridgehead atoms. The molecule has 1 aliphatic heterocycles. The molecule has 1 aromatic carbocycles. The number of nitrogens with zero attached hydrogens (tertiary/aromatic N) is 1. The molecule has 1 aromatic rings. The summed E-state index contributed by atoms with van der Waals surface area (Å²) in [5, 5.41) is 8.54. The fourth-order valence-corrected chi connectivity index (χ4v) is 2.53. The van der Waals surface area contributed by atoms with E-state index in [9.17, 15) is 14.0 Å². The second kappa shape index (κ2) is 6.60. The van der Waals surface area contributed by atoms with Gasteiger partial charge >= 0.3 is 5.97 Å². The predicted molar refractivity (Wildman–Crippen MR) is 72.3 cm³/mol. The molecule has 1 N–H and O–H groups in total. The van der Waals surface area contributed by atoms with Crippen LogP contribution in [0.2, 0.25) is 0 Å². The van der Waals surface area contributed by atoms with Crippen molar-refractivity contribution in [1.29, 1.82) is 0 Å². The van der Waals surface area contributed by atoms with Gasteiger partial charge < -0.3 is 14.7 Å². The lowest BCUT2D eigenvalue weighted by Crippen LogP contribution is -2.34. The zero-order valence-corrected chi connectivity index (χ0v) is 11.5. The molecular weight excluding hydrogens is 285 g/mol. The monoisotopic (exact) mass is 299 g/mol. The largest absolute Gasteiger partial charge is 0.491 e. The molecule has 1 heterocycles. The molecule has 108 valence electrons. The van der Waals surface area contributed by atoms with Gasteiger partial charge in [0, 0.05) is 12.1 Å². The fourth-order valence-electron chi connectivity index (χ4n) is 1.89. The number of carbonyl (C=O) groups excluding carboxylic acids is 1. The third-order valence-corrected chi connectivity index (χ3v) is 3.71. The number of amides is 1. The lowest BCUT2D eigenvalue weighted by atomic mass is 10.2. The van der Waals surface area contributed by atoms with Crippen LogP contribution in [-0.4, -0.2) is 46.5 Å². The van der Waals surface area contributed by atoms with Crippen molar-refractivity contribution in [2.75, 3.05) is 24.7 Å². The molecule has 0 saturated heterocycles. The molecule has 0 spiro atoms. The van der Waals surface area contributed by atoms with Gasteiger partial charge in [0.25, 0.3) is 0 Å². The zero-order valence-electron chi connectivity index (χ0n) is 10.7. The Balaban J connectivity index is 1.99. The number of fused-ring (bicyclic) bond motifs is 1. The molecule has 0 unspecified atom stereocenters. The van der Waals surface area contributed by atoms with Crippen LogP contribution in [0.3, 0.4) is 0 Å². The number of hydrogen-bond donors (Lipinski definition) is 1. The van der Waals surface area contributed by atoms with E-state index in [-0.39, 0.29) is 29.8 Å². The molecule has 7 heteroatoms. The molecule has 0 aromatic heterocycles. The van der Waals surface area contributed by atoms with Crippen molar-refractivity contribution in [1.82, 2.24) is 4.90 Å². The van der Waals surface area contributed by atoms with Gasteiger partial charge in [-0.2, -0.15) is 0 Å². The average molecular weight is 299 g/mol. The van der Waals surface area contributed by atoms with E-state index in [1.807, 2.05) is 0 Å². The minimum absolute atomic E-state index is 0.0942. The third-order valence-electron chi connectivity index (χ3n) is 2.81. The Kier molecular flexibility index (Phi) is 4.84. The van der Waals surface area contributed by atoms with Crippen molar-refractivity contribution in [2.45, 2.75) is 6.54 Å². The predicted octanol–water partition coefficient (Wildman–Crippen LogP) is 1.36. The van der Waals surface area contributed by atoms with E-state index in [2.05, 4.69) is 0 Å². The summed E-state index contributed by atoms with van der Waals surface area (Å²) in [4.78, 5) is 24.0. The van der Waals surface area contributed by atoms with E-state index in [4.69, 9.17) is 9.84 Å². The SMILES string of the molecule is O=C(O)CSCC(=O)N1CCOc2ccc(F)cc2C1. The minimum Gasteiger partial charge on any atom is -0.491 e. The molecule has 2 rings (SSSR count). The Hall–Kier alpha value is -1.76. The number of thioether (sulfide) groups is 1. The molecule has 0 radical (unpaired) electrons. The van der Waals surface area contributed by atoms with Crippen molar-refractivity contribution in [3.63, 3.8) is 0 Å². The van der Waals surface area contributed by atoms with E-state index < -0.39 is 5.97 Å². The molecule has 0 atom stereocenters. The Morgan fingerprint density at radius 3 is 2.95 bits per heavy atom. The second-order valence-electron chi connectivity index (χ2n) is 4.30. The van der Waals surface area contributed by atoms with Crippen molar-refractivity contribution < 1.29 is 23.8 Å². The lowest BCUT2D eigenvalue weighted by Gasteiger charge is -2.19. The van der Waals surface area contributed by atoms with Crippen LogP contribution in [-0.2, 0) is 16.1 Å². The van der Waals surface area contributed by atoms with Crippen LogP contribution < -0.4 is 4.74 Å². The van der Waals surface area contributed by atoms with Crippen LogP contribution in [0.15, 0.2) is 18.2 Å². The van der Waals surface area contributed by atoms with Gasteiger partial charge in [-0.15, -0.1) is 11.8 Å². The highest BCUT2D eigenvalue weighted by Gasteiger charge is 2.20. The smallest absolute Gasteiger partial charge is 0.313 e. The Morgan fingerprint density at radius 1 is 1.40 bits per heavy atom. The van der Waals surface area contributed by atoms with Crippen molar-refractivity contribution in [3.8, 4) is 5.75 Å². The maximum atomic E-state index is 13.2. The van der Waals surface area contributed by atoms with Crippen LogP contribution in [0.25, 0.3) is 0 Å². The fraction of sp³-hybridized carbons (Fsp3) is 0.385. The molecule has 5 nitrogen and oxygen atoms in total.